The molecule has 2 amide bonds. The summed E-state index contributed by atoms with van der Waals surface area (Å²) in [4.78, 5) is 25.3. The second-order valence-electron chi connectivity index (χ2n) is 7.05. The number of fused-ring (bicyclic) bond motifs is 1. The maximum atomic E-state index is 13.0. The molecule has 7 nitrogen and oxygen atoms in total. The highest BCUT2D eigenvalue weighted by Gasteiger charge is 2.23. The van der Waals surface area contributed by atoms with Crippen LogP contribution in [0.15, 0.2) is 76.5 Å². The molecule has 1 unspecified atom stereocenters. The van der Waals surface area contributed by atoms with Crippen LogP contribution in [0.3, 0.4) is 0 Å². The molecule has 0 spiro atoms. The Morgan fingerprint density at radius 3 is 2.34 bits per heavy atom. The van der Waals surface area contributed by atoms with Gasteiger partial charge in [-0.3, -0.25) is 14.3 Å². The Bertz CT molecular complexity index is 1290. The Morgan fingerprint density at radius 2 is 1.66 bits per heavy atom. The summed E-state index contributed by atoms with van der Waals surface area (Å²) < 4.78 is 40.2. The van der Waals surface area contributed by atoms with Crippen molar-refractivity contribution in [1.82, 2.24) is 0 Å². The Labute approximate surface area is 188 Å². The minimum Gasteiger partial charge on any atom is -0.324 e. The number of hydrogen-bond donors (Lipinski definition) is 3. The maximum Gasteiger partial charge on any atom is 0.261 e. The lowest BCUT2D eigenvalue weighted by atomic mass is 10.1. The van der Waals surface area contributed by atoms with Crippen LogP contribution in [0.2, 0.25) is 0 Å². The fourth-order valence-corrected chi connectivity index (χ4v) is 4.99. The number of benzene rings is 3. The summed E-state index contributed by atoms with van der Waals surface area (Å²) in [6, 6.07) is 15.7. The van der Waals surface area contributed by atoms with Crippen molar-refractivity contribution in [2.45, 2.75) is 22.0 Å². The second kappa shape index (κ2) is 8.64. The first kappa shape index (κ1) is 21.8. The number of carbonyl (C=O) groups is 2. The summed E-state index contributed by atoms with van der Waals surface area (Å²) in [6.07, 6.45) is 0. The van der Waals surface area contributed by atoms with Crippen LogP contribution in [0.25, 0.3) is 0 Å². The molecule has 1 atom stereocenters. The smallest absolute Gasteiger partial charge is 0.261 e. The number of sulfonamides is 1. The molecule has 3 aromatic carbocycles. The molecule has 0 aromatic heterocycles. The van der Waals surface area contributed by atoms with Gasteiger partial charge in [-0.1, -0.05) is 0 Å². The number of nitrogens with one attached hydrogen (secondary N) is 3. The molecule has 1 aliphatic rings. The summed E-state index contributed by atoms with van der Waals surface area (Å²) in [7, 11) is -3.87. The Kier molecular flexibility index (Phi) is 5.90. The first-order chi connectivity index (χ1) is 15.2. The standard InChI is InChI=1S/C22H18FN3O4S2/c1-13-21(27)25-19-12-14(2-11-20(19)31-13)22(28)24-16-5-7-17(8-6-16)26-32(29,30)18-9-3-15(23)4-10-18/h2-13,26H,1H3,(H,24,28)(H,25,27). The van der Waals surface area contributed by atoms with Crippen molar-refractivity contribution < 1.29 is 22.4 Å². The van der Waals surface area contributed by atoms with Crippen LogP contribution in [0.1, 0.15) is 17.3 Å². The molecule has 0 fully saturated rings. The third-order valence-electron chi connectivity index (χ3n) is 4.69. The van der Waals surface area contributed by atoms with Gasteiger partial charge in [0, 0.05) is 21.8 Å². The quantitative estimate of drug-likeness (QED) is 0.514. The molecule has 3 N–H and O–H groups in total. The number of anilines is 3. The zero-order chi connectivity index (χ0) is 22.9. The summed E-state index contributed by atoms with van der Waals surface area (Å²) in [5, 5.41) is 5.33. The van der Waals surface area contributed by atoms with Gasteiger partial charge in [-0.25, -0.2) is 12.8 Å². The molecular weight excluding hydrogens is 453 g/mol. The molecule has 3 aromatic rings. The van der Waals surface area contributed by atoms with E-state index in [2.05, 4.69) is 15.4 Å². The van der Waals surface area contributed by atoms with E-state index in [1.807, 2.05) is 6.92 Å². The van der Waals surface area contributed by atoms with Gasteiger partial charge in [0.1, 0.15) is 5.82 Å². The molecule has 10 heteroatoms. The van der Waals surface area contributed by atoms with Gasteiger partial charge in [-0.15, -0.1) is 11.8 Å². The van der Waals surface area contributed by atoms with E-state index in [4.69, 9.17) is 0 Å². The van der Waals surface area contributed by atoms with Gasteiger partial charge in [0.05, 0.1) is 15.8 Å². The highest BCUT2D eigenvalue weighted by molar-refractivity contribution is 8.01. The summed E-state index contributed by atoms with van der Waals surface area (Å²) in [5.74, 6) is -1.01. The van der Waals surface area contributed by atoms with Crippen molar-refractivity contribution >= 4 is 50.7 Å². The van der Waals surface area contributed by atoms with Crippen molar-refractivity contribution in [3.8, 4) is 0 Å². The number of thioether (sulfide) groups is 1. The average molecular weight is 472 g/mol. The van der Waals surface area contributed by atoms with Gasteiger partial charge in [0.15, 0.2) is 0 Å². The number of hydrogen-bond acceptors (Lipinski definition) is 5. The SMILES string of the molecule is CC1Sc2ccc(C(=O)Nc3ccc(NS(=O)(=O)c4ccc(F)cc4)cc3)cc2NC1=O. The van der Waals surface area contributed by atoms with Crippen molar-refractivity contribution in [1.29, 1.82) is 0 Å². The fourth-order valence-electron chi connectivity index (χ4n) is 3.00. The fraction of sp³-hybridized carbons (Fsp3) is 0.0909. The van der Waals surface area contributed by atoms with Gasteiger partial charge in [0.2, 0.25) is 5.91 Å². The van der Waals surface area contributed by atoms with E-state index in [9.17, 15) is 22.4 Å². The van der Waals surface area contributed by atoms with Crippen LogP contribution in [0.5, 0.6) is 0 Å². The number of amides is 2. The Morgan fingerprint density at radius 1 is 1.00 bits per heavy atom. The number of rotatable bonds is 5. The van der Waals surface area contributed by atoms with Gasteiger partial charge in [-0.2, -0.15) is 0 Å². The first-order valence-electron chi connectivity index (χ1n) is 9.53. The van der Waals surface area contributed by atoms with Crippen LogP contribution in [-0.4, -0.2) is 25.5 Å². The summed E-state index contributed by atoms with van der Waals surface area (Å²) >= 11 is 1.43. The molecule has 0 bridgehead atoms. The molecule has 4 rings (SSSR count). The van der Waals surface area contributed by atoms with E-state index >= 15 is 0 Å². The minimum absolute atomic E-state index is 0.0664. The lowest BCUT2D eigenvalue weighted by Gasteiger charge is -2.21. The van der Waals surface area contributed by atoms with E-state index in [1.165, 1.54) is 36.0 Å². The van der Waals surface area contributed by atoms with Gasteiger partial charge in [0.25, 0.3) is 15.9 Å². The number of carbonyl (C=O) groups excluding carboxylic acids is 2. The van der Waals surface area contributed by atoms with Crippen LogP contribution >= 0.6 is 11.8 Å². The van der Waals surface area contributed by atoms with Gasteiger partial charge < -0.3 is 10.6 Å². The minimum atomic E-state index is -3.87. The van der Waals surface area contributed by atoms with Gasteiger partial charge in [-0.05, 0) is 73.7 Å². The highest BCUT2D eigenvalue weighted by Crippen LogP contribution is 2.36. The van der Waals surface area contributed by atoms with Crippen molar-refractivity contribution in [3.63, 3.8) is 0 Å². The first-order valence-corrected chi connectivity index (χ1v) is 11.9. The topological polar surface area (TPSA) is 104 Å². The van der Waals surface area contributed by atoms with E-state index < -0.39 is 15.8 Å². The Hall–Kier alpha value is -3.37. The third kappa shape index (κ3) is 4.76. The zero-order valence-electron chi connectivity index (χ0n) is 16.8. The lowest BCUT2D eigenvalue weighted by molar-refractivity contribution is -0.115. The zero-order valence-corrected chi connectivity index (χ0v) is 18.4. The van der Waals surface area contributed by atoms with E-state index in [0.717, 1.165) is 17.0 Å². The van der Waals surface area contributed by atoms with E-state index in [-0.39, 0.29) is 27.6 Å². The second-order valence-corrected chi connectivity index (χ2v) is 10.1. The summed E-state index contributed by atoms with van der Waals surface area (Å²) in [5.41, 5.74) is 1.72. The third-order valence-corrected chi connectivity index (χ3v) is 7.27. The largest absolute Gasteiger partial charge is 0.324 e. The molecule has 0 saturated heterocycles. The highest BCUT2D eigenvalue weighted by atomic mass is 32.2. The van der Waals surface area contributed by atoms with E-state index in [1.54, 1.807) is 30.3 Å². The van der Waals surface area contributed by atoms with Crippen LogP contribution in [0.4, 0.5) is 21.5 Å². The average Bonchev–Trinajstić information content (AvgIpc) is 2.75. The molecular formula is C22H18FN3O4S2. The monoisotopic (exact) mass is 471 g/mol. The van der Waals surface area contributed by atoms with Crippen LogP contribution < -0.4 is 15.4 Å². The maximum absolute atomic E-state index is 13.0. The Balaban J connectivity index is 1.44. The van der Waals surface area contributed by atoms with Crippen molar-refractivity contribution in [2.24, 2.45) is 0 Å². The summed E-state index contributed by atoms with van der Waals surface area (Å²) in [6.45, 7) is 1.81. The molecule has 1 aliphatic heterocycles. The lowest BCUT2D eigenvalue weighted by Crippen LogP contribution is -2.26. The molecule has 32 heavy (non-hydrogen) atoms. The molecule has 1 heterocycles. The predicted molar refractivity (Wildman–Crippen MR) is 122 cm³/mol. The number of halogens is 1. The van der Waals surface area contributed by atoms with Crippen LogP contribution in [-0.2, 0) is 14.8 Å². The predicted octanol–water partition coefficient (Wildman–Crippen LogP) is 4.31. The van der Waals surface area contributed by atoms with Gasteiger partial charge >= 0.3 is 0 Å². The van der Waals surface area contributed by atoms with Crippen molar-refractivity contribution in [3.05, 3.63) is 78.1 Å². The normalized spacial score (nSPS) is 15.4. The van der Waals surface area contributed by atoms with Crippen LogP contribution in [0, 0.1) is 5.82 Å². The molecule has 0 aliphatic carbocycles. The molecule has 0 saturated carbocycles. The molecule has 0 radical (unpaired) electrons. The molecule has 164 valence electrons. The van der Waals surface area contributed by atoms with Crippen molar-refractivity contribution in [2.75, 3.05) is 15.4 Å². The van der Waals surface area contributed by atoms with E-state index in [0.29, 0.717) is 16.9 Å².